The first-order chi connectivity index (χ1) is 6.72. The van der Waals surface area contributed by atoms with Gasteiger partial charge in [0.15, 0.2) is 0 Å². The van der Waals surface area contributed by atoms with E-state index in [9.17, 15) is 0 Å². The van der Waals surface area contributed by atoms with Crippen LogP contribution in [0.25, 0.3) is 0 Å². The first kappa shape index (κ1) is 13.6. The molecule has 4 nitrogen and oxygen atoms in total. The first-order valence-electron chi connectivity index (χ1n) is 4.10. The fourth-order valence-corrected chi connectivity index (χ4v) is 1.14. The summed E-state index contributed by atoms with van der Waals surface area (Å²) in [5, 5.41) is 8.67. The molecule has 0 aliphatic heterocycles. The Morgan fingerprint density at radius 1 is 1.33 bits per heavy atom. The normalized spacial score (nSPS) is 10.8. The average Bonchev–Trinajstić information content (AvgIpc) is 2.27. The maximum absolute atomic E-state index is 8.67. The smallest absolute Gasteiger partial charge is 0.128 e. The molecule has 0 saturated carbocycles. The van der Waals surface area contributed by atoms with Gasteiger partial charge in [-0.15, -0.1) is 12.4 Å². The van der Waals surface area contributed by atoms with Gasteiger partial charge in [0.1, 0.15) is 17.5 Å². The van der Waals surface area contributed by atoms with E-state index in [-0.39, 0.29) is 12.4 Å². The van der Waals surface area contributed by atoms with Crippen LogP contribution < -0.4 is 15.2 Å². The molecule has 0 heterocycles. The highest BCUT2D eigenvalue weighted by Crippen LogP contribution is 2.27. The molecular weight excluding hydrogens is 216 g/mol. The fraction of sp³-hybridized carbons (Fsp3) is 0.300. The molecule has 0 aliphatic rings. The molecule has 1 atom stereocenters. The van der Waals surface area contributed by atoms with Crippen molar-refractivity contribution in [1.29, 1.82) is 5.26 Å². The summed E-state index contributed by atoms with van der Waals surface area (Å²) in [5.41, 5.74) is 6.24. The molecular formula is C10H13ClN2O2. The van der Waals surface area contributed by atoms with Crippen LogP contribution in [-0.4, -0.2) is 14.2 Å². The molecule has 15 heavy (non-hydrogen) atoms. The number of halogens is 1. The third-order valence-corrected chi connectivity index (χ3v) is 1.91. The summed E-state index contributed by atoms with van der Waals surface area (Å²) in [6, 6.07) is 6.45. The number of hydrogen-bond acceptors (Lipinski definition) is 4. The van der Waals surface area contributed by atoms with Crippen molar-refractivity contribution < 1.29 is 9.47 Å². The van der Waals surface area contributed by atoms with Crippen molar-refractivity contribution in [3.05, 3.63) is 23.8 Å². The van der Waals surface area contributed by atoms with Crippen molar-refractivity contribution in [2.45, 2.75) is 6.04 Å². The van der Waals surface area contributed by atoms with Gasteiger partial charge >= 0.3 is 0 Å². The van der Waals surface area contributed by atoms with Gasteiger partial charge in [0, 0.05) is 11.6 Å². The molecule has 1 aromatic carbocycles. The van der Waals surface area contributed by atoms with Crippen LogP contribution in [-0.2, 0) is 0 Å². The van der Waals surface area contributed by atoms with Crippen LogP contribution in [0.2, 0.25) is 0 Å². The third kappa shape index (κ3) is 3.01. The van der Waals surface area contributed by atoms with Crippen LogP contribution in [0.3, 0.4) is 0 Å². The molecule has 82 valence electrons. The van der Waals surface area contributed by atoms with E-state index in [2.05, 4.69) is 0 Å². The van der Waals surface area contributed by atoms with E-state index in [1.54, 1.807) is 25.3 Å². The van der Waals surface area contributed by atoms with Gasteiger partial charge in [0.25, 0.3) is 0 Å². The Morgan fingerprint density at radius 2 is 2.00 bits per heavy atom. The Hall–Kier alpha value is -1.44. The van der Waals surface area contributed by atoms with Crippen molar-refractivity contribution in [3.8, 4) is 17.6 Å². The molecule has 1 rings (SSSR count). The molecule has 0 bridgehead atoms. The molecule has 1 aromatic rings. The number of methoxy groups -OCH3 is 2. The maximum atomic E-state index is 8.67. The van der Waals surface area contributed by atoms with E-state index >= 15 is 0 Å². The fourth-order valence-electron chi connectivity index (χ4n) is 1.14. The van der Waals surface area contributed by atoms with Crippen LogP contribution in [0.5, 0.6) is 11.5 Å². The molecule has 0 radical (unpaired) electrons. The van der Waals surface area contributed by atoms with Crippen molar-refractivity contribution in [1.82, 2.24) is 0 Å². The van der Waals surface area contributed by atoms with E-state index in [1.165, 1.54) is 7.11 Å². The molecule has 0 amide bonds. The summed E-state index contributed by atoms with van der Waals surface area (Å²) in [7, 11) is 3.10. The topological polar surface area (TPSA) is 68.3 Å². The van der Waals surface area contributed by atoms with Crippen LogP contribution >= 0.6 is 12.4 Å². The van der Waals surface area contributed by atoms with E-state index in [0.29, 0.717) is 17.1 Å². The van der Waals surface area contributed by atoms with Gasteiger partial charge in [0.05, 0.1) is 20.3 Å². The van der Waals surface area contributed by atoms with E-state index in [0.717, 1.165) is 0 Å². The Morgan fingerprint density at radius 3 is 2.47 bits per heavy atom. The lowest BCUT2D eigenvalue weighted by atomic mass is 10.1. The van der Waals surface area contributed by atoms with Gasteiger partial charge in [-0.3, -0.25) is 0 Å². The Bertz CT molecular complexity index is 363. The molecule has 0 fully saturated rings. The lowest BCUT2D eigenvalue weighted by molar-refractivity contribution is 0.390. The molecule has 0 spiro atoms. The van der Waals surface area contributed by atoms with E-state index in [1.807, 2.05) is 6.07 Å². The Kier molecular flexibility index (Phi) is 5.53. The third-order valence-electron chi connectivity index (χ3n) is 1.91. The predicted molar refractivity (Wildman–Crippen MR) is 59.3 cm³/mol. The van der Waals surface area contributed by atoms with Crippen molar-refractivity contribution in [2.75, 3.05) is 14.2 Å². The Labute approximate surface area is 95.0 Å². The van der Waals surface area contributed by atoms with E-state index < -0.39 is 6.04 Å². The lowest BCUT2D eigenvalue weighted by Crippen LogP contribution is -2.08. The highest BCUT2D eigenvalue weighted by Gasteiger charge is 2.11. The quantitative estimate of drug-likeness (QED) is 0.854. The number of hydrogen-bond donors (Lipinski definition) is 1. The zero-order valence-electron chi connectivity index (χ0n) is 8.56. The predicted octanol–water partition coefficient (Wildman–Crippen LogP) is 1.65. The zero-order valence-corrected chi connectivity index (χ0v) is 9.38. The van der Waals surface area contributed by atoms with Gasteiger partial charge in [-0.05, 0) is 12.1 Å². The second-order valence-corrected chi connectivity index (χ2v) is 2.71. The van der Waals surface area contributed by atoms with Crippen LogP contribution in [0.15, 0.2) is 18.2 Å². The summed E-state index contributed by atoms with van der Waals surface area (Å²) < 4.78 is 10.1. The molecule has 0 saturated heterocycles. The van der Waals surface area contributed by atoms with Crippen LogP contribution in [0.4, 0.5) is 0 Å². The van der Waals surface area contributed by atoms with Gasteiger partial charge in [0.2, 0.25) is 0 Å². The first-order valence-corrected chi connectivity index (χ1v) is 4.10. The summed E-state index contributed by atoms with van der Waals surface area (Å²) in [4.78, 5) is 0. The maximum Gasteiger partial charge on any atom is 0.128 e. The van der Waals surface area contributed by atoms with Crippen molar-refractivity contribution >= 4 is 12.4 Å². The van der Waals surface area contributed by atoms with Crippen LogP contribution in [0, 0.1) is 11.3 Å². The largest absolute Gasteiger partial charge is 0.497 e. The second kappa shape index (κ2) is 6.12. The molecule has 0 aliphatic carbocycles. The van der Waals surface area contributed by atoms with Crippen molar-refractivity contribution in [3.63, 3.8) is 0 Å². The van der Waals surface area contributed by atoms with Gasteiger partial charge in [-0.25, -0.2) is 0 Å². The Balaban J connectivity index is 0.00000196. The van der Waals surface area contributed by atoms with Gasteiger partial charge < -0.3 is 15.2 Å². The number of nitrogens with zero attached hydrogens (tertiary/aromatic N) is 1. The number of ether oxygens (including phenoxy) is 2. The van der Waals surface area contributed by atoms with Gasteiger partial charge in [-0.1, -0.05) is 0 Å². The average molecular weight is 229 g/mol. The van der Waals surface area contributed by atoms with Crippen molar-refractivity contribution in [2.24, 2.45) is 5.73 Å². The number of rotatable bonds is 3. The molecule has 5 heteroatoms. The summed E-state index contributed by atoms with van der Waals surface area (Å²) in [6.07, 6.45) is 0. The lowest BCUT2D eigenvalue weighted by Gasteiger charge is -2.11. The molecule has 0 aromatic heterocycles. The highest BCUT2D eigenvalue weighted by molar-refractivity contribution is 5.85. The summed E-state index contributed by atoms with van der Waals surface area (Å²) in [6.45, 7) is 0. The highest BCUT2D eigenvalue weighted by atomic mass is 35.5. The zero-order chi connectivity index (χ0) is 10.6. The number of nitrogens with two attached hydrogens (primary N) is 1. The van der Waals surface area contributed by atoms with Gasteiger partial charge in [-0.2, -0.15) is 5.26 Å². The minimum Gasteiger partial charge on any atom is -0.497 e. The molecule has 2 N–H and O–H groups in total. The monoisotopic (exact) mass is 228 g/mol. The second-order valence-electron chi connectivity index (χ2n) is 2.71. The number of nitriles is 1. The minimum atomic E-state index is -0.671. The van der Waals surface area contributed by atoms with Crippen LogP contribution in [0.1, 0.15) is 11.6 Å². The van der Waals surface area contributed by atoms with E-state index in [4.69, 9.17) is 20.5 Å². The summed E-state index contributed by atoms with van der Waals surface area (Å²) in [5.74, 6) is 1.24. The number of benzene rings is 1. The minimum absolute atomic E-state index is 0. The molecule has 1 unspecified atom stereocenters. The SMILES string of the molecule is COc1ccc(C(N)C#N)c(OC)c1.Cl. The standard InChI is InChI=1S/C10H12N2O2.ClH/c1-13-7-3-4-8(9(12)6-11)10(5-7)14-2;/h3-5,9H,12H2,1-2H3;1H. The summed E-state index contributed by atoms with van der Waals surface area (Å²) >= 11 is 0.